The highest BCUT2D eigenvalue weighted by Gasteiger charge is 2.41. The SMILES string of the molecule is O=C(CC1(C(=O)O)CCCCC1)Nc1cnc(Cl)c(Br)c1. The molecule has 1 amide bonds. The molecule has 7 heteroatoms. The molecule has 0 bridgehead atoms. The molecule has 1 saturated carbocycles. The fraction of sp³-hybridized carbons (Fsp3) is 0.500. The van der Waals surface area contributed by atoms with Gasteiger partial charge in [-0.15, -0.1) is 0 Å². The van der Waals surface area contributed by atoms with Gasteiger partial charge in [-0.05, 0) is 34.8 Å². The normalized spacial score (nSPS) is 17.2. The number of pyridine rings is 1. The first-order valence-electron chi connectivity index (χ1n) is 6.77. The minimum atomic E-state index is -0.931. The molecule has 5 nitrogen and oxygen atoms in total. The van der Waals surface area contributed by atoms with Crippen molar-refractivity contribution >= 4 is 45.1 Å². The van der Waals surface area contributed by atoms with Crippen LogP contribution in [0.5, 0.6) is 0 Å². The van der Waals surface area contributed by atoms with Crippen molar-refractivity contribution in [3.05, 3.63) is 21.9 Å². The third-order valence-corrected chi connectivity index (χ3v) is 4.98. The molecule has 114 valence electrons. The van der Waals surface area contributed by atoms with Gasteiger partial charge in [-0.3, -0.25) is 9.59 Å². The number of carbonyl (C=O) groups is 2. The van der Waals surface area contributed by atoms with E-state index in [1.165, 1.54) is 6.20 Å². The zero-order valence-corrected chi connectivity index (χ0v) is 13.7. The van der Waals surface area contributed by atoms with Crippen molar-refractivity contribution in [3.8, 4) is 0 Å². The molecule has 1 aromatic heterocycles. The van der Waals surface area contributed by atoms with Gasteiger partial charge in [0, 0.05) is 6.42 Å². The first kappa shape index (κ1) is 16.2. The van der Waals surface area contributed by atoms with Gasteiger partial charge in [0.2, 0.25) is 5.91 Å². The van der Waals surface area contributed by atoms with Crippen LogP contribution in [0.25, 0.3) is 0 Å². The van der Waals surface area contributed by atoms with Gasteiger partial charge in [0.15, 0.2) is 0 Å². The average Bonchev–Trinajstić information content (AvgIpc) is 2.43. The van der Waals surface area contributed by atoms with Crippen LogP contribution in [-0.4, -0.2) is 22.0 Å². The Kier molecular flexibility index (Phi) is 5.22. The van der Waals surface area contributed by atoms with Crippen molar-refractivity contribution in [3.63, 3.8) is 0 Å². The number of halogens is 2. The highest BCUT2D eigenvalue weighted by atomic mass is 79.9. The van der Waals surface area contributed by atoms with Gasteiger partial charge in [0.05, 0.1) is 21.8 Å². The lowest BCUT2D eigenvalue weighted by molar-refractivity contribution is -0.153. The molecule has 0 aliphatic heterocycles. The summed E-state index contributed by atoms with van der Waals surface area (Å²) in [4.78, 5) is 27.6. The van der Waals surface area contributed by atoms with Crippen molar-refractivity contribution in [2.75, 3.05) is 5.32 Å². The Morgan fingerprint density at radius 2 is 2.05 bits per heavy atom. The molecule has 0 radical (unpaired) electrons. The van der Waals surface area contributed by atoms with Crippen molar-refractivity contribution < 1.29 is 14.7 Å². The molecule has 0 saturated heterocycles. The van der Waals surface area contributed by atoms with Crippen LogP contribution in [0.1, 0.15) is 38.5 Å². The van der Waals surface area contributed by atoms with E-state index in [9.17, 15) is 14.7 Å². The number of anilines is 1. The van der Waals surface area contributed by atoms with Gasteiger partial charge < -0.3 is 10.4 Å². The van der Waals surface area contributed by atoms with Gasteiger partial charge in [-0.25, -0.2) is 4.98 Å². The highest BCUT2D eigenvalue weighted by Crippen LogP contribution is 2.39. The molecule has 0 spiro atoms. The Balaban J connectivity index is 2.05. The smallest absolute Gasteiger partial charge is 0.310 e. The summed E-state index contributed by atoms with van der Waals surface area (Å²) >= 11 is 9.02. The van der Waals surface area contributed by atoms with E-state index in [-0.39, 0.29) is 12.3 Å². The van der Waals surface area contributed by atoms with Gasteiger partial charge >= 0.3 is 5.97 Å². The monoisotopic (exact) mass is 374 g/mol. The molecular weight excluding hydrogens is 360 g/mol. The second kappa shape index (κ2) is 6.75. The van der Waals surface area contributed by atoms with Crippen molar-refractivity contribution in [2.45, 2.75) is 38.5 Å². The number of carbonyl (C=O) groups excluding carboxylic acids is 1. The zero-order chi connectivity index (χ0) is 15.5. The van der Waals surface area contributed by atoms with Crippen LogP contribution in [0, 0.1) is 5.41 Å². The van der Waals surface area contributed by atoms with E-state index in [0.717, 1.165) is 19.3 Å². The second-order valence-electron chi connectivity index (χ2n) is 5.37. The van der Waals surface area contributed by atoms with E-state index in [1.54, 1.807) is 6.07 Å². The minimum Gasteiger partial charge on any atom is -0.481 e. The van der Waals surface area contributed by atoms with Crippen molar-refractivity contribution in [1.82, 2.24) is 4.98 Å². The number of aliphatic carboxylic acids is 1. The number of carboxylic acids is 1. The van der Waals surface area contributed by atoms with E-state index in [1.807, 2.05) is 0 Å². The van der Waals surface area contributed by atoms with E-state index < -0.39 is 11.4 Å². The van der Waals surface area contributed by atoms with Crippen LogP contribution in [0.2, 0.25) is 5.15 Å². The van der Waals surface area contributed by atoms with E-state index >= 15 is 0 Å². The minimum absolute atomic E-state index is 0.0113. The molecule has 2 rings (SSSR count). The standard InChI is InChI=1S/C14H16BrClN2O3/c15-10-6-9(8-17-12(10)16)18-11(19)7-14(13(20)21)4-2-1-3-5-14/h6,8H,1-5,7H2,(H,18,19)(H,20,21). The molecule has 1 aliphatic carbocycles. The molecule has 1 aromatic rings. The highest BCUT2D eigenvalue weighted by molar-refractivity contribution is 9.10. The molecule has 21 heavy (non-hydrogen) atoms. The van der Waals surface area contributed by atoms with Gasteiger partial charge in [-0.1, -0.05) is 30.9 Å². The van der Waals surface area contributed by atoms with Gasteiger partial charge in [0.1, 0.15) is 5.15 Å². The summed E-state index contributed by atoms with van der Waals surface area (Å²) in [5.41, 5.74) is -0.438. The third kappa shape index (κ3) is 3.95. The molecule has 1 aliphatic rings. The third-order valence-electron chi connectivity index (χ3n) is 3.84. The summed E-state index contributed by atoms with van der Waals surface area (Å²) < 4.78 is 0.576. The Bertz CT molecular complexity index is 559. The van der Waals surface area contributed by atoms with E-state index in [2.05, 4.69) is 26.2 Å². The van der Waals surface area contributed by atoms with Crippen LogP contribution in [-0.2, 0) is 9.59 Å². The fourth-order valence-electron chi connectivity index (χ4n) is 2.70. The summed E-state index contributed by atoms with van der Waals surface area (Å²) in [6.45, 7) is 0. The lowest BCUT2D eigenvalue weighted by atomic mass is 9.71. The molecule has 0 atom stereocenters. The predicted octanol–water partition coefficient (Wildman–Crippen LogP) is 3.86. The number of nitrogens with zero attached hydrogens (tertiary/aromatic N) is 1. The number of hydrogen-bond donors (Lipinski definition) is 2. The maximum absolute atomic E-state index is 12.1. The molecule has 0 aromatic carbocycles. The predicted molar refractivity (Wildman–Crippen MR) is 83.3 cm³/mol. The van der Waals surface area contributed by atoms with Crippen LogP contribution in [0.4, 0.5) is 5.69 Å². The summed E-state index contributed by atoms with van der Waals surface area (Å²) in [5, 5.41) is 12.5. The Morgan fingerprint density at radius 1 is 1.38 bits per heavy atom. The Labute approximate surface area is 136 Å². The molecule has 1 heterocycles. The quantitative estimate of drug-likeness (QED) is 0.783. The van der Waals surface area contributed by atoms with Crippen LogP contribution in [0.3, 0.4) is 0 Å². The number of aromatic nitrogens is 1. The van der Waals surface area contributed by atoms with Gasteiger partial charge in [-0.2, -0.15) is 0 Å². The number of amides is 1. The molecule has 1 fully saturated rings. The Hall–Kier alpha value is -1.14. The summed E-state index contributed by atoms with van der Waals surface area (Å²) in [5.74, 6) is -1.19. The van der Waals surface area contributed by atoms with Crippen LogP contribution in [0.15, 0.2) is 16.7 Å². The number of hydrogen-bond acceptors (Lipinski definition) is 3. The topological polar surface area (TPSA) is 79.3 Å². The maximum atomic E-state index is 12.1. The molecule has 2 N–H and O–H groups in total. The lowest BCUT2D eigenvalue weighted by Crippen LogP contribution is -2.37. The van der Waals surface area contributed by atoms with E-state index in [4.69, 9.17) is 11.6 Å². The number of nitrogens with one attached hydrogen (secondary N) is 1. The fourth-order valence-corrected chi connectivity index (χ4v) is 3.15. The maximum Gasteiger partial charge on any atom is 0.310 e. The second-order valence-corrected chi connectivity index (χ2v) is 6.58. The number of rotatable bonds is 4. The summed E-state index contributed by atoms with van der Waals surface area (Å²) in [7, 11) is 0. The first-order chi connectivity index (χ1) is 9.93. The van der Waals surface area contributed by atoms with Crippen LogP contribution >= 0.6 is 27.5 Å². The summed E-state index contributed by atoms with van der Waals surface area (Å²) in [6, 6.07) is 1.64. The summed E-state index contributed by atoms with van der Waals surface area (Å²) in [6.07, 6.45) is 5.28. The molecule has 0 unspecified atom stereocenters. The largest absolute Gasteiger partial charge is 0.481 e. The molecular formula is C14H16BrClN2O3. The number of carboxylic acid groups (broad SMARTS) is 1. The zero-order valence-electron chi connectivity index (χ0n) is 11.4. The Morgan fingerprint density at radius 3 is 2.62 bits per heavy atom. The van der Waals surface area contributed by atoms with Crippen molar-refractivity contribution in [1.29, 1.82) is 0 Å². The average molecular weight is 376 g/mol. The van der Waals surface area contributed by atoms with Crippen LogP contribution < -0.4 is 5.32 Å². The lowest BCUT2D eigenvalue weighted by Gasteiger charge is -2.32. The first-order valence-corrected chi connectivity index (χ1v) is 7.94. The van der Waals surface area contributed by atoms with E-state index in [0.29, 0.717) is 28.2 Å². The van der Waals surface area contributed by atoms with Crippen molar-refractivity contribution in [2.24, 2.45) is 5.41 Å². The van der Waals surface area contributed by atoms with Gasteiger partial charge in [0.25, 0.3) is 0 Å².